The van der Waals surface area contributed by atoms with Crippen molar-refractivity contribution in [1.82, 2.24) is 14.5 Å². The maximum absolute atomic E-state index is 12.6. The monoisotopic (exact) mass is 388 g/mol. The van der Waals surface area contributed by atoms with Crippen LogP contribution >= 0.6 is 11.6 Å². The predicted molar refractivity (Wildman–Crippen MR) is 93.6 cm³/mol. The standard InChI is InChI=1S/C15H21ClN4O4S/c16-12-4-1-2-5-13(12)25(23,24)20-10-8-19(9-11-20)14(21)6-3-7-18-15(17)22/h1-2,4-5H,3,6-11H2,(H3,17,18,22). The summed E-state index contributed by atoms with van der Waals surface area (Å²) in [6.07, 6.45) is 0.761. The Morgan fingerprint density at radius 2 is 1.80 bits per heavy atom. The highest BCUT2D eigenvalue weighted by Crippen LogP contribution is 2.25. The molecular weight excluding hydrogens is 368 g/mol. The molecule has 1 heterocycles. The summed E-state index contributed by atoms with van der Waals surface area (Å²) in [5.41, 5.74) is 4.95. The molecule has 1 aliphatic heterocycles. The van der Waals surface area contributed by atoms with Crippen LogP contribution in [0.4, 0.5) is 4.79 Å². The molecule has 8 nitrogen and oxygen atoms in total. The third kappa shape index (κ3) is 5.07. The second-order valence-electron chi connectivity index (χ2n) is 5.61. The van der Waals surface area contributed by atoms with Crippen LogP contribution in [0.5, 0.6) is 0 Å². The molecule has 138 valence electrons. The van der Waals surface area contributed by atoms with Gasteiger partial charge in [0.2, 0.25) is 15.9 Å². The molecule has 1 aromatic rings. The van der Waals surface area contributed by atoms with Gasteiger partial charge in [-0.05, 0) is 18.6 Å². The van der Waals surface area contributed by atoms with E-state index in [-0.39, 0.29) is 35.3 Å². The van der Waals surface area contributed by atoms with Crippen molar-refractivity contribution < 1.29 is 18.0 Å². The average molecular weight is 389 g/mol. The van der Waals surface area contributed by atoms with Gasteiger partial charge in [-0.1, -0.05) is 23.7 Å². The summed E-state index contributed by atoms with van der Waals surface area (Å²) < 4.78 is 26.6. The second-order valence-corrected chi connectivity index (χ2v) is 7.92. The van der Waals surface area contributed by atoms with Gasteiger partial charge in [-0.2, -0.15) is 4.31 Å². The highest BCUT2D eigenvalue weighted by Gasteiger charge is 2.31. The van der Waals surface area contributed by atoms with Crippen molar-refractivity contribution in [3.8, 4) is 0 Å². The van der Waals surface area contributed by atoms with E-state index in [2.05, 4.69) is 5.32 Å². The van der Waals surface area contributed by atoms with Crippen molar-refractivity contribution in [3.63, 3.8) is 0 Å². The fourth-order valence-corrected chi connectivity index (χ4v) is 4.50. The fourth-order valence-electron chi connectivity index (χ4n) is 2.58. The number of rotatable bonds is 6. The molecule has 3 N–H and O–H groups in total. The highest BCUT2D eigenvalue weighted by molar-refractivity contribution is 7.89. The number of nitrogens with one attached hydrogen (secondary N) is 1. The number of hydrogen-bond donors (Lipinski definition) is 2. The molecule has 0 unspecified atom stereocenters. The normalized spacial score (nSPS) is 15.8. The van der Waals surface area contributed by atoms with Crippen LogP contribution in [0.25, 0.3) is 0 Å². The molecule has 1 fully saturated rings. The lowest BCUT2D eigenvalue weighted by atomic mass is 10.2. The SMILES string of the molecule is NC(=O)NCCCC(=O)N1CCN(S(=O)(=O)c2ccccc2Cl)CC1. The summed E-state index contributed by atoms with van der Waals surface area (Å²) in [6, 6.07) is 5.68. The van der Waals surface area contributed by atoms with E-state index in [4.69, 9.17) is 17.3 Å². The van der Waals surface area contributed by atoms with E-state index in [1.165, 1.54) is 16.4 Å². The van der Waals surface area contributed by atoms with Crippen LogP contribution in [-0.4, -0.2) is 62.3 Å². The number of carbonyl (C=O) groups excluding carboxylic acids is 2. The summed E-state index contributed by atoms with van der Waals surface area (Å²) >= 11 is 5.99. The molecule has 25 heavy (non-hydrogen) atoms. The minimum Gasteiger partial charge on any atom is -0.352 e. The number of carbonyl (C=O) groups is 2. The first kappa shape index (κ1) is 19.5. The van der Waals surface area contributed by atoms with Crippen LogP contribution in [0, 0.1) is 0 Å². The van der Waals surface area contributed by atoms with Crippen molar-refractivity contribution in [2.75, 3.05) is 32.7 Å². The van der Waals surface area contributed by atoms with E-state index in [1.54, 1.807) is 17.0 Å². The summed E-state index contributed by atoms with van der Waals surface area (Å²) in [5.74, 6) is -0.0685. The highest BCUT2D eigenvalue weighted by atomic mass is 35.5. The molecule has 0 aliphatic carbocycles. The minimum atomic E-state index is -3.67. The first-order valence-electron chi connectivity index (χ1n) is 7.88. The largest absolute Gasteiger partial charge is 0.352 e. The van der Waals surface area contributed by atoms with Gasteiger partial charge in [0.25, 0.3) is 0 Å². The Balaban J connectivity index is 1.88. The zero-order valence-corrected chi connectivity index (χ0v) is 15.2. The van der Waals surface area contributed by atoms with Crippen LogP contribution in [0.3, 0.4) is 0 Å². The van der Waals surface area contributed by atoms with Crippen LogP contribution in [0.15, 0.2) is 29.2 Å². The summed E-state index contributed by atoms with van der Waals surface area (Å²) in [5, 5.41) is 2.61. The van der Waals surface area contributed by atoms with Crippen molar-refractivity contribution in [2.24, 2.45) is 5.73 Å². The minimum absolute atomic E-state index is 0.0685. The Hall–Kier alpha value is -1.84. The molecule has 0 saturated carbocycles. The molecule has 0 atom stereocenters. The number of nitrogens with zero attached hydrogens (tertiary/aromatic N) is 2. The predicted octanol–water partition coefficient (Wildman–Crippen LogP) is 0.621. The van der Waals surface area contributed by atoms with Gasteiger partial charge >= 0.3 is 6.03 Å². The van der Waals surface area contributed by atoms with Gasteiger partial charge in [-0.15, -0.1) is 0 Å². The Kier molecular flexibility index (Phi) is 6.63. The van der Waals surface area contributed by atoms with Crippen molar-refractivity contribution in [3.05, 3.63) is 29.3 Å². The molecule has 1 aliphatic rings. The lowest BCUT2D eigenvalue weighted by Gasteiger charge is -2.34. The third-order valence-corrected chi connectivity index (χ3v) is 6.31. The van der Waals surface area contributed by atoms with Gasteiger partial charge < -0.3 is 16.0 Å². The molecule has 3 amide bonds. The van der Waals surface area contributed by atoms with E-state index in [0.717, 1.165) is 0 Å². The van der Waals surface area contributed by atoms with Crippen LogP contribution in [0.2, 0.25) is 5.02 Å². The lowest BCUT2D eigenvalue weighted by molar-refractivity contribution is -0.132. The number of nitrogens with two attached hydrogens (primary N) is 1. The second kappa shape index (κ2) is 8.50. The molecule has 1 saturated heterocycles. The van der Waals surface area contributed by atoms with E-state index in [0.29, 0.717) is 26.1 Å². The number of halogens is 1. The van der Waals surface area contributed by atoms with Crippen molar-refractivity contribution >= 4 is 33.6 Å². The van der Waals surface area contributed by atoms with Crippen LogP contribution < -0.4 is 11.1 Å². The molecule has 10 heteroatoms. The number of sulfonamides is 1. The zero-order valence-electron chi connectivity index (χ0n) is 13.7. The first-order valence-corrected chi connectivity index (χ1v) is 9.70. The Morgan fingerprint density at radius 1 is 1.16 bits per heavy atom. The molecule has 2 rings (SSSR count). The number of amides is 3. The third-order valence-electron chi connectivity index (χ3n) is 3.91. The average Bonchev–Trinajstić information content (AvgIpc) is 2.58. The van der Waals surface area contributed by atoms with E-state index in [9.17, 15) is 18.0 Å². The molecule has 0 bridgehead atoms. The molecular formula is C15H21ClN4O4S. The van der Waals surface area contributed by atoms with Crippen molar-refractivity contribution in [2.45, 2.75) is 17.7 Å². The topological polar surface area (TPSA) is 113 Å². The number of urea groups is 1. The van der Waals surface area contributed by atoms with E-state index >= 15 is 0 Å². The number of hydrogen-bond acceptors (Lipinski definition) is 4. The summed E-state index contributed by atoms with van der Waals surface area (Å²) in [4.78, 5) is 24.4. The molecule has 0 spiro atoms. The molecule has 1 aromatic carbocycles. The maximum atomic E-state index is 12.6. The van der Waals surface area contributed by atoms with Gasteiger partial charge in [0.15, 0.2) is 0 Å². The van der Waals surface area contributed by atoms with Crippen LogP contribution in [0.1, 0.15) is 12.8 Å². The van der Waals surface area contributed by atoms with Gasteiger partial charge in [0.1, 0.15) is 4.90 Å². The van der Waals surface area contributed by atoms with Gasteiger partial charge in [0.05, 0.1) is 5.02 Å². The summed E-state index contributed by atoms with van der Waals surface area (Å²) in [6.45, 7) is 1.43. The zero-order chi connectivity index (χ0) is 18.4. The Bertz CT molecular complexity index is 733. The lowest BCUT2D eigenvalue weighted by Crippen LogP contribution is -2.50. The number of primary amides is 1. The van der Waals surface area contributed by atoms with Crippen molar-refractivity contribution in [1.29, 1.82) is 0 Å². The Morgan fingerprint density at radius 3 is 2.40 bits per heavy atom. The van der Waals surface area contributed by atoms with E-state index < -0.39 is 16.1 Å². The van der Waals surface area contributed by atoms with Gasteiger partial charge in [-0.25, -0.2) is 13.2 Å². The molecule has 0 radical (unpaired) electrons. The van der Waals surface area contributed by atoms with Gasteiger partial charge in [0, 0.05) is 39.1 Å². The van der Waals surface area contributed by atoms with E-state index in [1.807, 2.05) is 0 Å². The maximum Gasteiger partial charge on any atom is 0.312 e. The van der Waals surface area contributed by atoms with Gasteiger partial charge in [-0.3, -0.25) is 4.79 Å². The van der Waals surface area contributed by atoms with Crippen LogP contribution in [-0.2, 0) is 14.8 Å². The molecule has 0 aromatic heterocycles. The summed E-state index contributed by atoms with van der Waals surface area (Å²) in [7, 11) is -3.67. The smallest absolute Gasteiger partial charge is 0.312 e. The quantitative estimate of drug-likeness (QED) is 0.695. The number of piperazine rings is 1. The first-order chi connectivity index (χ1) is 11.8. The number of benzene rings is 1. The fraction of sp³-hybridized carbons (Fsp3) is 0.467. The Labute approximate surface area is 152 Å².